The topological polar surface area (TPSA) is 237 Å². The number of carbonyl (C=O) groups is 4. The van der Waals surface area contributed by atoms with Crippen molar-refractivity contribution >= 4 is 39.5 Å². The second kappa shape index (κ2) is 77.6. The van der Waals surface area contributed by atoms with Crippen LogP contribution in [-0.4, -0.2) is 96.7 Å². The van der Waals surface area contributed by atoms with E-state index in [1.165, 1.54) is 19.3 Å². The van der Waals surface area contributed by atoms with Crippen LogP contribution in [0.4, 0.5) is 0 Å². The van der Waals surface area contributed by atoms with E-state index in [0.29, 0.717) is 25.7 Å². The first-order valence-electron chi connectivity index (χ1n) is 40.4. The van der Waals surface area contributed by atoms with Crippen LogP contribution in [0.3, 0.4) is 0 Å². The molecule has 0 amide bonds. The quantitative estimate of drug-likeness (QED) is 0.0169. The van der Waals surface area contributed by atoms with Gasteiger partial charge in [-0.1, -0.05) is 288 Å². The van der Waals surface area contributed by atoms with Gasteiger partial charge < -0.3 is 33.8 Å². The van der Waals surface area contributed by atoms with Gasteiger partial charge in [0.05, 0.1) is 32.8 Å². The van der Waals surface area contributed by atoms with Gasteiger partial charge in [-0.15, -0.1) is 0 Å². The van der Waals surface area contributed by atoms with Gasteiger partial charge in [0.25, 0.3) is 0 Å². The van der Waals surface area contributed by atoms with Crippen molar-refractivity contribution in [3.8, 4) is 0 Å². The number of allylic oxidation sites excluding steroid dienone is 27. The number of esters is 4. The van der Waals surface area contributed by atoms with E-state index in [1.807, 2.05) is 18.2 Å². The molecule has 0 fully saturated rings. The summed E-state index contributed by atoms with van der Waals surface area (Å²) in [6.07, 6.45) is 92.1. The van der Waals surface area contributed by atoms with Crippen LogP contribution in [0.2, 0.25) is 0 Å². The van der Waals surface area contributed by atoms with Crippen LogP contribution in [0.1, 0.15) is 297 Å². The van der Waals surface area contributed by atoms with Crippen LogP contribution in [0.25, 0.3) is 0 Å². The molecule has 0 aromatic carbocycles. The van der Waals surface area contributed by atoms with Crippen molar-refractivity contribution in [2.45, 2.75) is 316 Å². The van der Waals surface area contributed by atoms with Crippen LogP contribution >= 0.6 is 15.6 Å². The highest BCUT2D eigenvalue weighted by molar-refractivity contribution is 7.47. The van der Waals surface area contributed by atoms with Crippen LogP contribution in [0.15, 0.2) is 170 Å². The molecule has 0 aliphatic rings. The minimum Gasteiger partial charge on any atom is -0.462 e. The lowest BCUT2D eigenvalue weighted by Crippen LogP contribution is -2.30. The highest BCUT2D eigenvalue weighted by atomic mass is 31.2. The molecule has 106 heavy (non-hydrogen) atoms. The predicted octanol–water partition coefficient (Wildman–Crippen LogP) is 23.8. The summed E-state index contributed by atoms with van der Waals surface area (Å²) in [6.45, 7) is 4.35. The summed E-state index contributed by atoms with van der Waals surface area (Å²) in [5.41, 5.74) is 0. The molecule has 0 aliphatic carbocycles. The molecule has 5 atom stereocenters. The van der Waals surface area contributed by atoms with Gasteiger partial charge >= 0.3 is 39.5 Å². The van der Waals surface area contributed by atoms with Gasteiger partial charge in [-0.3, -0.25) is 37.3 Å². The third-order valence-electron chi connectivity index (χ3n) is 16.2. The molecule has 0 heterocycles. The average molecular weight is 1520 g/mol. The van der Waals surface area contributed by atoms with Crippen molar-refractivity contribution < 1.29 is 80.2 Å². The Balaban J connectivity index is 5.47. The Bertz CT molecular complexity index is 2680. The number of hydrogen-bond acceptors (Lipinski definition) is 15. The first-order chi connectivity index (χ1) is 51.7. The average Bonchev–Trinajstić information content (AvgIpc) is 0.899. The van der Waals surface area contributed by atoms with E-state index in [4.69, 9.17) is 37.0 Å². The highest BCUT2D eigenvalue weighted by Crippen LogP contribution is 2.45. The molecule has 0 saturated heterocycles. The summed E-state index contributed by atoms with van der Waals surface area (Å²) in [4.78, 5) is 73.0. The van der Waals surface area contributed by atoms with E-state index in [9.17, 15) is 43.2 Å². The number of rotatable bonds is 74. The molecule has 0 aliphatic heterocycles. The van der Waals surface area contributed by atoms with Crippen LogP contribution in [-0.2, 0) is 65.4 Å². The lowest BCUT2D eigenvalue weighted by Gasteiger charge is -2.21. The molecule has 0 aromatic heterocycles. The number of aliphatic hydroxyl groups excluding tert-OH is 1. The summed E-state index contributed by atoms with van der Waals surface area (Å²) < 4.78 is 68.5. The molecule has 0 spiro atoms. The Labute approximate surface area is 642 Å². The van der Waals surface area contributed by atoms with E-state index in [2.05, 4.69) is 174 Å². The number of unbranched alkanes of at least 4 members (excludes halogenated alkanes) is 21. The monoisotopic (exact) mass is 1520 g/mol. The van der Waals surface area contributed by atoms with Crippen LogP contribution in [0, 0.1) is 0 Å². The van der Waals surface area contributed by atoms with Crippen molar-refractivity contribution in [2.75, 3.05) is 39.6 Å². The Morgan fingerprint density at radius 1 is 0.283 bits per heavy atom. The van der Waals surface area contributed by atoms with Gasteiger partial charge in [-0.05, 0) is 154 Å². The van der Waals surface area contributed by atoms with Crippen molar-refractivity contribution in [1.29, 1.82) is 0 Å². The number of phosphoric ester groups is 2. The lowest BCUT2D eigenvalue weighted by molar-refractivity contribution is -0.161. The number of carbonyl (C=O) groups excluding carboxylic acids is 4. The van der Waals surface area contributed by atoms with Gasteiger partial charge in [-0.25, -0.2) is 9.13 Å². The van der Waals surface area contributed by atoms with Crippen molar-refractivity contribution in [3.05, 3.63) is 170 Å². The Hall–Kier alpha value is -5.58. The van der Waals surface area contributed by atoms with Crippen molar-refractivity contribution in [2.24, 2.45) is 0 Å². The van der Waals surface area contributed by atoms with Crippen molar-refractivity contribution in [3.63, 3.8) is 0 Å². The molecule has 0 bridgehead atoms. The minimum absolute atomic E-state index is 0.0541. The number of aliphatic hydroxyl groups is 1. The zero-order valence-corrected chi connectivity index (χ0v) is 67.6. The first kappa shape index (κ1) is 100. The summed E-state index contributed by atoms with van der Waals surface area (Å²) in [5, 5.41) is 10.6. The number of hydrogen-bond donors (Lipinski definition) is 3. The standard InChI is InChI=1S/C87H142O17P2/c1-5-9-13-17-21-25-29-33-37-39-40-42-45-48-52-56-60-64-68-72-85(90)98-78-83(104-87(92)74-70-66-62-58-54-50-46-41-38-34-30-26-22-18-14-10-6-2)80-102-106(95,96)100-76-81(88)75-99-105(93,94)101-79-82(103-86(91)73-69-65-61-57-53-49-44-36-32-28-24-20-16-12-8-4)77-97-84(89)71-67-63-59-55-51-47-43-35-31-27-23-19-15-11-7-3/h9-11,13-15,21-28,33-38,40,42-44,51,55,63,67,81-83,88H,5-8,12,16-20,29-32,39,41,45-50,52-54,56-62,64-66,68-80H2,1-4H3,(H,93,94)(H,95,96)/b13-9-,14-10-,15-11-,25-21-,26-22-,27-23-,28-24-,37-33-,38-34-,42-40-,43-35-,44-36-,55-51-,67-63-. The fourth-order valence-electron chi connectivity index (χ4n) is 10.2. The third kappa shape index (κ3) is 76.6. The van der Waals surface area contributed by atoms with Crippen LogP contribution in [0.5, 0.6) is 0 Å². The molecule has 0 radical (unpaired) electrons. The van der Waals surface area contributed by atoms with E-state index in [-0.39, 0.29) is 25.7 Å². The molecule has 602 valence electrons. The molecular formula is C87H142O17P2. The predicted molar refractivity (Wildman–Crippen MR) is 436 cm³/mol. The fourth-order valence-corrected chi connectivity index (χ4v) is 11.7. The largest absolute Gasteiger partial charge is 0.472 e. The smallest absolute Gasteiger partial charge is 0.462 e. The Morgan fingerprint density at radius 3 is 0.840 bits per heavy atom. The van der Waals surface area contributed by atoms with E-state index in [1.54, 1.807) is 6.08 Å². The summed E-state index contributed by atoms with van der Waals surface area (Å²) in [7, 11) is -10.0. The normalized spacial score (nSPS) is 14.7. The number of phosphoric acid groups is 2. The van der Waals surface area contributed by atoms with Gasteiger partial charge in [-0.2, -0.15) is 0 Å². The lowest BCUT2D eigenvalue weighted by atomic mass is 10.1. The number of ether oxygens (including phenoxy) is 4. The second-order valence-electron chi connectivity index (χ2n) is 26.2. The van der Waals surface area contributed by atoms with Gasteiger partial charge in [0, 0.05) is 19.3 Å². The van der Waals surface area contributed by atoms with Crippen molar-refractivity contribution in [1.82, 2.24) is 0 Å². The van der Waals surface area contributed by atoms with Gasteiger partial charge in [0.1, 0.15) is 19.3 Å². The first-order valence-corrected chi connectivity index (χ1v) is 43.4. The SMILES string of the molecule is CC/C=C\C/C=C\C/C=C\C/C=C\C/C=C\CC(=O)OCC(COP(=O)(O)OCC(O)COP(=O)(O)OCC(COC(=O)CCCCCCCC/C=C\C/C=C\C/C=C\C/C=C\CC)OC(=O)CCCCCCCCC/C=C\C/C=C\C/C=C\CC)OC(=O)CCCCCCC/C=C\C/C=C\CCCCC. The Morgan fingerprint density at radius 2 is 0.528 bits per heavy atom. The summed E-state index contributed by atoms with van der Waals surface area (Å²) in [6, 6.07) is 0. The molecule has 3 N–H and O–H groups in total. The zero-order chi connectivity index (χ0) is 77.4. The molecular weight excluding hydrogens is 1380 g/mol. The maximum absolute atomic E-state index is 13.1. The fraction of sp³-hybridized carbons (Fsp3) is 0.632. The maximum atomic E-state index is 13.1. The van der Waals surface area contributed by atoms with E-state index < -0.39 is 97.5 Å². The molecule has 0 aromatic rings. The Kier molecular flexibility index (Phi) is 73.5. The molecule has 5 unspecified atom stereocenters. The zero-order valence-electron chi connectivity index (χ0n) is 65.8. The van der Waals surface area contributed by atoms with Crippen LogP contribution < -0.4 is 0 Å². The summed E-state index contributed by atoms with van der Waals surface area (Å²) >= 11 is 0. The third-order valence-corrected chi connectivity index (χ3v) is 18.1. The molecule has 0 rings (SSSR count). The van der Waals surface area contributed by atoms with Gasteiger partial charge in [0.2, 0.25) is 0 Å². The minimum atomic E-state index is -5.01. The highest BCUT2D eigenvalue weighted by Gasteiger charge is 2.30. The molecule has 0 saturated carbocycles. The van der Waals surface area contributed by atoms with E-state index in [0.717, 1.165) is 199 Å². The summed E-state index contributed by atoms with van der Waals surface area (Å²) in [5.74, 6) is -2.37. The van der Waals surface area contributed by atoms with E-state index >= 15 is 0 Å². The van der Waals surface area contributed by atoms with Gasteiger partial charge in [0.15, 0.2) is 12.2 Å². The maximum Gasteiger partial charge on any atom is 0.472 e. The second-order valence-corrected chi connectivity index (χ2v) is 29.1. The molecule has 19 heteroatoms. The molecule has 17 nitrogen and oxygen atoms in total.